The number of amides is 1. The number of para-hydroxylation sites is 1. The van der Waals surface area contributed by atoms with E-state index in [1.54, 1.807) is 0 Å². The summed E-state index contributed by atoms with van der Waals surface area (Å²) in [6.45, 7) is 1.00. The van der Waals surface area contributed by atoms with Crippen molar-refractivity contribution in [3.8, 4) is 0 Å². The lowest BCUT2D eigenvalue weighted by atomic mass is 9.84. The Balaban J connectivity index is 1.80. The summed E-state index contributed by atoms with van der Waals surface area (Å²) in [5, 5.41) is 6.47. The monoisotopic (exact) mass is 230 g/mol. The molecular weight excluding hydrogens is 212 g/mol. The van der Waals surface area contributed by atoms with E-state index in [-0.39, 0.29) is 11.8 Å². The van der Waals surface area contributed by atoms with Crippen molar-refractivity contribution in [1.29, 1.82) is 0 Å². The Hall–Kier alpha value is -1.51. The highest BCUT2D eigenvalue weighted by atomic mass is 16.1. The first-order valence-corrected chi connectivity index (χ1v) is 6.51. The van der Waals surface area contributed by atoms with Gasteiger partial charge in [0.1, 0.15) is 0 Å². The Kier molecular flexibility index (Phi) is 2.75. The smallest absolute Gasteiger partial charge is 0.227 e. The highest BCUT2D eigenvalue weighted by Gasteiger charge is 2.26. The van der Waals surface area contributed by atoms with Crippen LogP contribution in [0.1, 0.15) is 31.2 Å². The van der Waals surface area contributed by atoms with Gasteiger partial charge in [-0.3, -0.25) is 4.79 Å². The predicted octanol–water partition coefficient (Wildman–Crippen LogP) is 2.78. The summed E-state index contributed by atoms with van der Waals surface area (Å²) in [4.78, 5) is 11.9. The summed E-state index contributed by atoms with van der Waals surface area (Å²) >= 11 is 0. The molecule has 0 saturated heterocycles. The Morgan fingerprint density at radius 3 is 2.94 bits per heavy atom. The topological polar surface area (TPSA) is 41.1 Å². The fourth-order valence-electron chi connectivity index (χ4n) is 2.52. The van der Waals surface area contributed by atoms with Gasteiger partial charge in [0.05, 0.1) is 11.4 Å². The Bertz CT molecular complexity index is 438. The van der Waals surface area contributed by atoms with E-state index in [0.717, 1.165) is 37.2 Å². The molecule has 0 radical (unpaired) electrons. The molecule has 2 N–H and O–H groups in total. The number of benzene rings is 1. The molecule has 3 heteroatoms. The third kappa shape index (κ3) is 2.02. The SMILES string of the molecule is O=C(Nc1cccc2c1NCCC2)C1CCC1. The molecule has 0 aromatic heterocycles. The zero-order chi connectivity index (χ0) is 11.7. The van der Waals surface area contributed by atoms with E-state index in [4.69, 9.17) is 0 Å². The number of rotatable bonds is 2. The van der Waals surface area contributed by atoms with Crippen LogP contribution in [0.15, 0.2) is 18.2 Å². The van der Waals surface area contributed by atoms with E-state index >= 15 is 0 Å². The maximum Gasteiger partial charge on any atom is 0.227 e. The fraction of sp³-hybridized carbons (Fsp3) is 0.500. The number of anilines is 2. The molecule has 17 heavy (non-hydrogen) atoms. The summed E-state index contributed by atoms with van der Waals surface area (Å²) in [5.74, 6) is 0.437. The molecule has 1 saturated carbocycles. The van der Waals surface area contributed by atoms with Crippen LogP contribution in [0.5, 0.6) is 0 Å². The molecule has 0 unspecified atom stereocenters. The van der Waals surface area contributed by atoms with Crippen LogP contribution in [0.2, 0.25) is 0 Å². The van der Waals surface area contributed by atoms with Crippen molar-refractivity contribution in [1.82, 2.24) is 0 Å². The van der Waals surface area contributed by atoms with Crippen molar-refractivity contribution in [3.63, 3.8) is 0 Å². The van der Waals surface area contributed by atoms with Gasteiger partial charge in [-0.2, -0.15) is 0 Å². The molecule has 1 aromatic rings. The Labute approximate surface area is 102 Å². The van der Waals surface area contributed by atoms with Crippen LogP contribution in [-0.4, -0.2) is 12.5 Å². The molecule has 0 spiro atoms. The number of carbonyl (C=O) groups excluding carboxylic acids is 1. The lowest BCUT2D eigenvalue weighted by molar-refractivity contribution is -0.122. The summed E-state index contributed by atoms with van der Waals surface area (Å²) in [6, 6.07) is 6.16. The van der Waals surface area contributed by atoms with Crippen molar-refractivity contribution in [2.75, 3.05) is 17.2 Å². The molecule has 0 bridgehead atoms. The normalized spacial score (nSPS) is 18.8. The highest BCUT2D eigenvalue weighted by molar-refractivity contribution is 5.96. The first-order chi connectivity index (χ1) is 8.34. The van der Waals surface area contributed by atoms with Crippen LogP contribution < -0.4 is 10.6 Å². The fourth-order valence-corrected chi connectivity index (χ4v) is 2.52. The molecule has 3 nitrogen and oxygen atoms in total. The van der Waals surface area contributed by atoms with Gasteiger partial charge in [0.25, 0.3) is 0 Å². The second-order valence-corrected chi connectivity index (χ2v) is 4.99. The minimum absolute atomic E-state index is 0.192. The zero-order valence-electron chi connectivity index (χ0n) is 9.96. The molecular formula is C14H18N2O. The van der Waals surface area contributed by atoms with Crippen LogP contribution in [-0.2, 0) is 11.2 Å². The van der Waals surface area contributed by atoms with Gasteiger partial charge in [0.15, 0.2) is 0 Å². The first kappa shape index (κ1) is 10.6. The van der Waals surface area contributed by atoms with Gasteiger partial charge < -0.3 is 10.6 Å². The Morgan fingerprint density at radius 2 is 2.18 bits per heavy atom. The molecule has 90 valence electrons. The maximum absolute atomic E-state index is 11.9. The minimum Gasteiger partial charge on any atom is -0.383 e. The zero-order valence-corrected chi connectivity index (χ0v) is 9.96. The number of aryl methyl sites for hydroxylation is 1. The highest BCUT2D eigenvalue weighted by Crippen LogP contribution is 2.32. The van der Waals surface area contributed by atoms with E-state index in [9.17, 15) is 4.79 Å². The average Bonchev–Trinajstić information content (AvgIpc) is 2.27. The van der Waals surface area contributed by atoms with Gasteiger partial charge in [-0.1, -0.05) is 18.6 Å². The van der Waals surface area contributed by atoms with Gasteiger partial charge in [-0.05, 0) is 37.3 Å². The third-order valence-corrected chi connectivity index (χ3v) is 3.81. The van der Waals surface area contributed by atoms with E-state index in [0.29, 0.717) is 0 Å². The van der Waals surface area contributed by atoms with Crippen molar-refractivity contribution < 1.29 is 4.79 Å². The third-order valence-electron chi connectivity index (χ3n) is 3.81. The molecule has 1 aliphatic carbocycles. The second-order valence-electron chi connectivity index (χ2n) is 4.99. The molecule has 3 rings (SSSR count). The number of hydrogen-bond donors (Lipinski definition) is 2. The van der Waals surface area contributed by atoms with Crippen LogP contribution in [0.3, 0.4) is 0 Å². The van der Waals surface area contributed by atoms with Gasteiger partial charge >= 0.3 is 0 Å². The molecule has 1 heterocycles. The van der Waals surface area contributed by atoms with E-state index in [1.165, 1.54) is 18.4 Å². The van der Waals surface area contributed by atoms with E-state index in [1.807, 2.05) is 12.1 Å². The number of hydrogen-bond acceptors (Lipinski definition) is 2. The van der Waals surface area contributed by atoms with Gasteiger partial charge in [0, 0.05) is 12.5 Å². The van der Waals surface area contributed by atoms with Gasteiger partial charge in [0.2, 0.25) is 5.91 Å². The van der Waals surface area contributed by atoms with Crippen molar-refractivity contribution in [3.05, 3.63) is 23.8 Å². The molecule has 0 atom stereocenters. The largest absolute Gasteiger partial charge is 0.383 e. The summed E-state index contributed by atoms with van der Waals surface area (Å²) in [7, 11) is 0. The van der Waals surface area contributed by atoms with Crippen LogP contribution >= 0.6 is 0 Å². The average molecular weight is 230 g/mol. The van der Waals surface area contributed by atoms with Crippen molar-refractivity contribution in [2.45, 2.75) is 32.1 Å². The van der Waals surface area contributed by atoms with Crippen molar-refractivity contribution in [2.24, 2.45) is 5.92 Å². The number of nitrogens with one attached hydrogen (secondary N) is 2. The van der Waals surface area contributed by atoms with Crippen LogP contribution in [0.25, 0.3) is 0 Å². The lowest BCUT2D eigenvalue weighted by Crippen LogP contribution is -2.28. The summed E-state index contributed by atoms with van der Waals surface area (Å²) in [5.41, 5.74) is 3.41. The molecule has 2 aliphatic rings. The van der Waals surface area contributed by atoms with E-state index < -0.39 is 0 Å². The predicted molar refractivity (Wildman–Crippen MR) is 69.2 cm³/mol. The quantitative estimate of drug-likeness (QED) is 0.820. The lowest BCUT2D eigenvalue weighted by Gasteiger charge is -2.26. The standard InChI is InChI=1S/C14H18N2O/c17-14(11-5-1-6-11)16-12-8-2-4-10-7-3-9-15-13(10)12/h2,4,8,11,15H,1,3,5-7,9H2,(H,16,17). The van der Waals surface area contributed by atoms with Crippen LogP contribution in [0, 0.1) is 5.92 Å². The number of carbonyl (C=O) groups is 1. The second kappa shape index (κ2) is 4.40. The van der Waals surface area contributed by atoms with Gasteiger partial charge in [-0.15, -0.1) is 0 Å². The van der Waals surface area contributed by atoms with Crippen molar-refractivity contribution >= 4 is 17.3 Å². The number of fused-ring (bicyclic) bond motifs is 1. The van der Waals surface area contributed by atoms with E-state index in [2.05, 4.69) is 16.7 Å². The molecule has 1 aromatic carbocycles. The van der Waals surface area contributed by atoms with Gasteiger partial charge in [-0.25, -0.2) is 0 Å². The summed E-state index contributed by atoms with van der Waals surface area (Å²) < 4.78 is 0. The molecule has 1 amide bonds. The summed E-state index contributed by atoms with van der Waals surface area (Å²) in [6.07, 6.45) is 5.58. The molecule has 1 aliphatic heterocycles. The molecule has 1 fully saturated rings. The first-order valence-electron chi connectivity index (χ1n) is 6.51. The van der Waals surface area contributed by atoms with Crippen LogP contribution in [0.4, 0.5) is 11.4 Å². The Morgan fingerprint density at radius 1 is 1.29 bits per heavy atom. The maximum atomic E-state index is 11.9. The minimum atomic E-state index is 0.192.